The minimum absolute atomic E-state index is 0.404. The van der Waals surface area contributed by atoms with Crippen molar-refractivity contribution in [3.63, 3.8) is 0 Å². The average molecular weight is 325 g/mol. The molecule has 0 amide bonds. The molecule has 1 aliphatic heterocycles. The molecular formula is C16H25BrN2. The molecular weight excluding hydrogens is 300 g/mol. The molecule has 106 valence electrons. The van der Waals surface area contributed by atoms with E-state index < -0.39 is 0 Å². The van der Waals surface area contributed by atoms with Crippen LogP contribution in [0.3, 0.4) is 0 Å². The lowest BCUT2D eigenvalue weighted by Gasteiger charge is -2.21. The van der Waals surface area contributed by atoms with Crippen LogP contribution in [0, 0.1) is 5.92 Å². The van der Waals surface area contributed by atoms with Crippen LogP contribution in [0.4, 0.5) is 5.69 Å². The second-order valence-electron chi connectivity index (χ2n) is 5.72. The van der Waals surface area contributed by atoms with Crippen LogP contribution in [0.1, 0.15) is 45.2 Å². The molecule has 1 N–H and O–H groups in total. The smallest absolute Gasteiger partial charge is 0.0377 e. The third-order valence-electron chi connectivity index (χ3n) is 3.94. The van der Waals surface area contributed by atoms with Gasteiger partial charge >= 0.3 is 0 Å². The van der Waals surface area contributed by atoms with Crippen molar-refractivity contribution in [2.75, 3.05) is 24.5 Å². The Labute approximate surface area is 125 Å². The highest BCUT2D eigenvalue weighted by molar-refractivity contribution is 9.10. The molecule has 19 heavy (non-hydrogen) atoms. The molecule has 2 rings (SSSR count). The van der Waals surface area contributed by atoms with Gasteiger partial charge in [-0.2, -0.15) is 0 Å². The standard InChI is InChI=1S/C16H25BrN2/c1-4-8-18-13(3)15-6-5-14(10-16(15)17)19-9-7-12(2)11-19/h5-6,10,12-13,18H,4,7-9,11H2,1-3H3. The Morgan fingerprint density at radius 1 is 1.47 bits per heavy atom. The van der Waals surface area contributed by atoms with Crippen molar-refractivity contribution in [2.45, 2.75) is 39.7 Å². The van der Waals surface area contributed by atoms with Crippen LogP contribution in [0.15, 0.2) is 22.7 Å². The first-order chi connectivity index (χ1) is 9.11. The number of nitrogens with zero attached hydrogens (tertiary/aromatic N) is 1. The summed E-state index contributed by atoms with van der Waals surface area (Å²) in [7, 11) is 0. The van der Waals surface area contributed by atoms with Gasteiger partial charge in [0, 0.05) is 29.3 Å². The van der Waals surface area contributed by atoms with Crippen molar-refractivity contribution in [1.82, 2.24) is 5.32 Å². The highest BCUT2D eigenvalue weighted by Crippen LogP contribution is 2.30. The number of benzene rings is 1. The average Bonchev–Trinajstić information content (AvgIpc) is 2.82. The topological polar surface area (TPSA) is 15.3 Å². The summed E-state index contributed by atoms with van der Waals surface area (Å²) in [6.45, 7) is 10.2. The summed E-state index contributed by atoms with van der Waals surface area (Å²) in [5, 5.41) is 3.54. The van der Waals surface area contributed by atoms with Crippen molar-refractivity contribution in [3.8, 4) is 0 Å². The highest BCUT2D eigenvalue weighted by atomic mass is 79.9. The Kier molecular flexibility index (Phi) is 5.28. The lowest BCUT2D eigenvalue weighted by atomic mass is 10.1. The highest BCUT2D eigenvalue weighted by Gasteiger charge is 2.19. The van der Waals surface area contributed by atoms with Gasteiger partial charge in [0.2, 0.25) is 0 Å². The molecule has 1 saturated heterocycles. The normalized spacial score (nSPS) is 20.8. The Hall–Kier alpha value is -0.540. The van der Waals surface area contributed by atoms with Gasteiger partial charge in [0.1, 0.15) is 0 Å². The number of nitrogens with one attached hydrogen (secondary N) is 1. The fourth-order valence-corrected chi connectivity index (χ4v) is 3.41. The Balaban J connectivity index is 2.08. The molecule has 0 radical (unpaired) electrons. The second-order valence-corrected chi connectivity index (χ2v) is 6.58. The van der Waals surface area contributed by atoms with E-state index in [1.165, 1.54) is 41.7 Å². The monoisotopic (exact) mass is 324 g/mol. The Morgan fingerprint density at radius 3 is 2.84 bits per heavy atom. The molecule has 1 fully saturated rings. The molecule has 0 aromatic heterocycles. The molecule has 1 aromatic rings. The largest absolute Gasteiger partial charge is 0.371 e. The minimum Gasteiger partial charge on any atom is -0.371 e. The molecule has 2 nitrogen and oxygen atoms in total. The molecule has 0 aliphatic carbocycles. The lowest BCUT2D eigenvalue weighted by Crippen LogP contribution is -2.21. The molecule has 0 bridgehead atoms. The summed E-state index contributed by atoms with van der Waals surface area (Å²) < 4.78 is 1.22. The summed E-state index contributed by atoms with van der Waals surface area (Å²) in [4.78, 5) is 2.49. The van der Waals surface area contributed by atoms with E-state index in [1.807, 2.05) is 0 Å². The van der Waals surface area contributed by atoms with Crippen LogP contribution in [-0.2, 0) is 0 Å². The van der Waals surface area contributed by atoms with E-state index >= 15 is 0 Å². The van der Waals surface area contributed by atoms with E-state index in [2.05, 4.69) is 65.1 Å². The third kappa shape index (κ3) is 3.73. The van der Waals surface area contributed by atoms with Crippen LogP contribution in [-0.4, -0.2) is 19.6 Å². The van der Waals surface area contributed by atoms with Crippen molar-refractivity contribution >= 4 is 21.6 Å². The first kappa shape index (κ1) is 14.9. The van der Waals surface area contributed by atoms with Gasteiger partial charge in [0.25, 0.3) is 0 Å². The van der Waals surface area contributed by atoms with E-state index in [-0.39, 0.29) is 0 Å². The number of hydrogen-bond donors (Lipinski definition) is 1. The van der Waals surface area contributed by atoms with E-state index in [9.17, 15) is 0 Å². The van der Waals surface area contributed by atoms with Crippen LogP contribution in [0.2, 0.25) is 0 Å². The Morgan fingerprint density at radius 2 is 2.26 bits per heavy atom. The molecule has 0 spiro atoms. The zero-order valence-electron chi connectivity index (χ0n) is 12.2. The van der Waals surface area contributed by atoms with E-state index in [0.717, 1.165) is 12.5 Å². The van der Waals surface area contributed by atoms with Gasteiger partial charge in [-0.3, -0.25) is 0 Å². The summed E-state index contributed by atoms with van der Waals surface area (Å²) in [6, 6.07) is 7.20. The van der Waals surface area contributed by atoms with Crippen molar-refractivity contribution in [3.05, 3.63) is 28.2 Å². The predicted octanol–water partition coefficient (Wildman–Crippen LogP) is 4.36. The maximum Gasteiger partial charge on any atom is 0.0377 e. The number of halogens is 1. The van der Waals surface area contributed by atoms with E-state index in [4.69, 9.17) is 0 Å². The van der Waals surface area contributed by atoms with Crippen molar-refractivity contribution < 1.29 is 0 Å². The van der Waals surface area contributed by atoms with Gasteiger partial charge in [-0.15, -0.1) is 0 Å². The van der Waals surface area contributed by atoms with Crippen LogP contribution >= 0.6 is 15.9 Å². The van der Waals surface area contributed by atoms with Gasteiger partial charge in [0.05, 0.1) is 0 Å². The number of rotatable bonds is 5. The van der Waals surface area contributed by atoms with Crippen LogP contribution in [0.5, 0.6) is 0 Å². The summed E-state index contributed by atoms with van der Waals surface area (Å²) in [5.74, 6) is 0.823. The number of anilines is 1. The minimum atomic E-state index is 0.404. The molecule has 0 saturated carbocycles. The first-order valence-electron chi connectivity index (χ1n) is 7.39. The second kappa shape index (κ2) is 6.76. The molecule has 2 atom stereocenters. The summed E-state index contributed by atoms with van der Waals surface area (Å²) in [5.41, 5.74) is 2.70. The third-order valence-corrected chi connectivity index (χ3v) is 4.63. The number of hydrogen-bond acceptors (Lipinski definition) is 2. The fraction of sp³-hybridized carbons (Fsp3) is 0.625. The zero-order chi connectivity index (χ0) is 13.8. The lowest BCUT2D eigenvalue weighted by molar-refractivity contribution is 0.569. The molecule has 2 unspecified atom stereocenters. The first-order valence-corrected chi connectivity index (χ1v) is 8.19. The van der Waals surface area contributed by atoms with E-state index in [0.29, 0.717) is 6.04 Å². The maximum absolute atomic E-state index is 3.74. The van der Waals surface area contributed by atoms with Gasteiger partial charge in [-0.25, -0.2) is 0 Å². The molecule has 1 aliphatic rings. The molecule has 1 aromatic carbocycles. The predicted molar refractivity (Wildman–Crippen MR) is 86.8 cm³/mol. The van der Waals surface area contributed by atoms with Gasteiger partial charge in [-0.1, -0.05) is 35.8 Å². The van der Waals surface area contributed by atoms with Crippen LogP contribution in [0.25, 0.3) is 0 Å². The van der Waals surface area contributed by atoms with Crippen molar-refractivity contribution in [2.24, 2.45) is 5.92 Å². The molecule has 1 heterocycles. The SMILES string of the molecule is CCCNC(C)c1ccc(N2CCC(C)C2)cc1Br. The zero-order valence-corrected chi connectivity index (χ0v) is 13.8. The maximum atomic E-state index is 3.74. The summed E-state index contributed by atoms with van der Waals surface area (Å²) in [6.07, 6.45) is 2.49. The van der Waals surface area contributed by atoms with Gasteiger partial charge in [0.15, 0.2) is 0 Å². The van der Waals surface area contributed by atoms with E-state index in [1.54, 1.807) is 0 Å². The van der Waals surface area contributed by atoms with Crippen molar-refractivity contribution in [1.29, 1.82) is 0 Å². The summed E-state index contributed by atoms with van der Waals surface area (Å²) >= 11 is 3.74. The van der Waals surface area contributed by atoms with Crippen LogP contribution < -0.4 is 10.2 Å². The Bertz CT molecular complexity index is 419. The fourth-order valence-electron chi connectivity index (χ4n) is 2.70. The van der Waals surface area contributed by atoms with Gasteiger partial charge < -0.3 is 10.2 Å². The van der Waals surface area contributed by atoms with Gasteiger partial charge in [-0.05, 0) is 49.9 Å². The quantitative estimate of drug-likeness (QED) is 0.865. The molecule has 3 heteroatoms.